The van der Waals surface area contributed by atoms with Crippen LogP contribution in [0.25, 0.3) is 0 Å². The van der Waals surface area contributed by atoms with E-state index >= 15 is 0 Å². The van der Waals surface area contributed by atoms with Crippen LogP contribution in [0.5, 0.6) is 0 Å². The maximum absolute atomic E-state index is 12.4. The number of thioether (sulfide) groups is 1. The van der Waals surface area contributed by atoms with Crippen molar-refractivity contribution in [3.8, 4) is 0 Å². The van der Waals surface area contributed by atoms with Crippen molar-refractivity contribution in [2.75, 3.05) is 5.75 Å². The zero-order valence-electron chi connectivity index (χ0n) is 14.8. The first-order valence-electron chi connectivity index (χ1n) is 9.15. The number of aromatic nitrogens is 3. The van der Waals surface area contributed by atoms with Gasteiger partial charge in [0.05, 0.1) is 11.8 Å². The first kappa shape index (κ1) is 18.0. The van der Waals surface area contributed by atoms with Gasteiger partial charge in [0.25, 0.3) is 0 Å². The summed E-state index contributed by atoms with van der Waals surface area (Å²) in [5.74, 6) is 0.445. The van der Waals surface area contributed by atoms with E-state index in [4.69, 9.17) is 0 Å². The molecule has 1 N–H and O–H groups in total. The van der Waals surface area contributed by atoms with E-state index in [1.807, 2.05) is 4.57 Å². The Labute approximate surface area is 153 Å². The lowest BCUT2D eigenvalue weighted by Crippen LogP contribution is -2.32. The Bertz CT molecular complexity index is 700. The van der Waals surface area contributed by atoms with Crippen LogP contribution >= 0.6 is 11.8 Å². The van der Waals surface area contributed by atoms with Crippen LogP contribution in [0.2, 0.25) is 0 Å². The molecule has 5 nitrogen and oxygen atoms in total. The molecule has 25 heavy (non-hydrogen) atoms. The van der Waals surface area contributed by atoms with E-state index in [9.17, 15) is 4.79 Å². The fourth-order valence-corrected chi connectivity index (χ4v) is 4.06. The van der Waals surface area contributed by atoms with Gasteiger partial charge < -0.3 is 9.88 Å². The standard InChI is InChI=1S/C19H26N4OS/c1-2-3-6-12-23-14-20-22-19(23)25-13-18(24)21-17-11-7-9-15-8-4-5-10-16(15)17/h4-5,8,10,14,17H,2-3,6-7,9,11-13H2,1H3,(H,21,24)/t17-/m0/s1. The predicted octanol–water partition coefficient (Wildman–Crippen LogP) is 3.75. The molecular weight excluding hydrogens is 332 g/mol. The first-order valence-corrected chi connectivity index (χ1v) is 10.1. The third kappa shape index (κ3) is 4.84. The van der Waals surface area contributed by atoms with Crippen LogP contribution in [-0.2, 0) is 17.8 Å². The van der Waals surface area contributed by atoms with Crippen molar-refractivity contribution in [2.45, 2.75) is 63.2 Å². The van der Waals surface area contributed by atoms with Gasteiger partial charge in [-0.1, -0.05) is 55.8 Å². The topological polar surface area (TPSA) is 59.8 Å². The first-order chi connectivity index (χ1) is 12.3. The molecule has 3 rings (SSSR count). The van der Waals surface area contributed by atoms with Crippen LogP contribution in [0.4, 0.5) is 0 Å². The second-order valence-electron chi connectivity index (χ2n) is 6.51. The zero-order chi connectivity index (χ0) is 17.5. The lowest BCUT2D eigenvalue weighted by atomic mass is 9.88. The maximum atomic E-state index is 12.4. The number of benzene rings is 1. The summed E-state index contributed by atoms with van der Waals surface area (Å²) in [5.41, 5.74) is 2.64. The van der Waals surface area contributed by atoms with E-state index in [-0.39, 0.29) is 11.9 Å². The summed E-state index contributed by atoms with van der Waals surface area (Å²) in [7, 11) is 0. The molecule has 0 unspecified atom stereocenters. The number of nitrogens with one attached hydrogen (secondary N) is 1. The summed E-state index contributed by atoms with van der Waals surface area (Å²) in [5, 5.41) is 12.2. The molecule has 0 spiro atoms. The van der Waals surface area contributed by atoms with Gasteiger partial charge in [0.15, 0.2) is 5.16 Å². The summed E-state index contributed by atoms with van der Waals surface area (Å²) in [4.78, 5) is 12.4. The van der Waals surface area contributed by atoms with Gasteiger partial charge in [-0.2, -0.15) is 0 Å². The molecule has 2 aromatic rings. The molecule has 1 aliphatic rings. The monoisotopic (exact) mass is 358 g/mol. The molecule has 0 bridgehead atoms. The Morgan fingerprint density at radius 2 is 2.24 bits per heavy atom. The number of rotatable bonds is 8. The number of amides is 1. The Balaban J connectivity index is 1.52. The molecule has 1 aliphatic carbocycles. The van der Waals surface area contributed by atoms with Crippen LogP contribution in [0, 0.1) is 0 Å². The van der Waals surface area contributed by atoms with Gasteiger partial charge in [-0.15, -0.1) is 10.2 Å². The SMILES string of the molecule is CCCCCn1cnnc1SCC(=O)N[C@H]1CCCc2ccccc21. The summed E-state index contributed by atoms with van der Waals surface area (Å²) >= 11 is 1.47. The number of carbonyl (C=O) groups excluding carboxylic acids is 1. The van der Waals surface area contributed by atoms with E-state index in [0.29, 0.717) is 5.75 Å². The second-order valence-corrected chi connectivity index (χ2v) is 7.46. The highest BCUT2D eigenvalue weighted by Gasteiger charge is 2.21. The number of nitrogens with zero attached hydrogens (tertiary/aromatic N) is 3. The van der Waals surface area contributed by atoms with Crippen LogP contribution in [0.1, 0.15) is 56.2 Å². The fourth-order valence-electron chi connectivity index (χ4n) is 3.31. The minimum Gasteiger partial charge on any atom is -0.349 e. The molecule has 1 atom stereocenters. The number of unbranched alkanes of at least 4 members (excludes halogenated alkanes) is 2. The van der Waals surface area contributed by atoms with Gasteiger partial charge in [0, 0.05) is 6.54 Å². The highest BCUT2D eigenvalue weighted by atomic mass is 32.2. The Morgan fingerprint density at radius 3 is 3.12 bits per heavy atom. The minimum absolute atomic E-state index is 0.0646. The molecule has 0 radical (unpaired) electrons. The largest absolute Gasteiger partial charge is 0.349 e. The van der Waals surface area contributed by atoms with Crippen LogP contribution < -0.4 is 5.32 Å². The van der Waals surface area contributed by atoms with Gasteiger partial charge in [0.1, 0.15) is 6.33 Å². The maximum Gasteiger partial charge on any atom is 0.230 e. The quantitative estimate of drug-likeness (QED) is 0.577. The summed E-state index contributed by atoms with van der Waals surface area (Å²) in [6, 6.07) is 8.57. The van der Waals surface area contributed by atoms with Crippen molar-refractivity contribution in [3.63, 3.8) is 0 Å². The highest BCUT2D eigenvalue weighted by molar-refractivity contribution is 7.99. The molecule has 0 fully saturated rings. The normalized spacial score (nSPS) is 16.4. The van der Waals surface area contributed by atoms with Gasteiger partial charge in [-0.05, 0) is 36.8 Å². The fraction of sp³-hybridized carbons (Fsp3) is 0.526. The Morgan fingerprint density at radius 1 is 1.36 bits per heavy atom. The average Bonchev–Trinajstić information content (AvgIpc) is 3.08. The van der Waals surface area contributed by atoms with E-state index < -0.39 is 0 Å². The highest BCUT2D eigenvalue weighted by Crippen LogP contribution is 2.29. The third-order valence-corrected chi connectivity index (χ3v) is 5.60. The van der Waals surface area contributed by atoms with E-state index in [2.05, 4.69) is 46.7 Å². The van der Waals surface area contributed by atoms with Crippen LogP contribution in [-0.4, -0.2) is 26.4 Å². The van der Waals surface area contributed by atoms with Gasteiger partial charge in [-0.3, -0.25) is 4.79 Å². The third-order valence-electron chi connectivity index (χ3n) is 4.62. The lowest BCUT2D eigenvalue weighted by molar-refractivity contribution is -0.119. The minimum atomic E-state index is 0.0646. The number of fused-ring (bicyclic) bond motifs is 1. The number of hydrogen-bond donors (Lipinski definition) is 1. The Hall–Kier alpha value is -1.82. The molecule has 1 aromatic carbocycles. The van der Waals surface area contributed by atoms with Crippen molar-refractivity contribution < 1.29 is 4.79 Å². The van der Waals surface area contributed by atoms with Gasteiger partial charge >= 0.3 is 0 Å². The van der Waals surface area contributed by atoms with Crippen molar-refractivity contribution in [1.29, 1.82) is 0 Å². The average molecular weight is 359 g/mol. The van der Waals surface area contributed by atoms with Gasteiger partial charge in [-0.25, -0.2) is 0 Å². The zero-order valence-corrected chi connectivity index (χ0v) is 15.6. The molecule has 1 heterocycles. The van der Waals surface area contributed by atoms with Crippen molar-refractivity contribution in [3.05, 3.63) is 41.7 Å². The van der Waals surface area contributed by atoms with E-state index in [1.54, 1.807) is 6.33 Å². The summed E-state index contributed by atoms with van der Waals surface area (Å²) < 4.78 is 2.05. The summed E-state index contributed by atoms with van der Waals surface area (Å²) in [6.07, 6.45) is 8.51. The molecular formula is C19H26N4OS. The predicted molar refractivity (Wildman–Crippen MR) is 101 cm³/mol. The van der Waals surface area contributed by atoms with Crippen LogP contribution in [0.15, 0.2) is 35.7 Å². The number of carbonyl (C=O) groups is 1. The van der Waals surface area contributed by atoms with E-state index in [1.165, 1.54) is 35.7 Å². The van der Waals surface area contributed by atoms with Crippen molar-refractivity contribution in [2.24, 2.45) is 0 Å². The Kier molecular flexibility index (Phi) is 6.50. The van der Waals surface area contributed by atoms with E-state index in [0.717, 1.165) is 37.4 Å². The molecule has 0 saturated carbocycles. The second kappa shape index (κ2) is 9.04. The molecule has 1 amide bonds. The van der Waals surface area contributed by atoms with Gasteiger partial charge in [0.2, 0.25) is 5.91 Å². The van der Waals surface area contributed by atoms with Crippen molar-refractivity contribution in [1.82, 2.24) is 20.1 Å². The summed E-state index contributed by atoms with van der Waals surface area (Å²) in [6.45, 7) is 3.11. The lowest BCUT2D eigenvalue weighted by Gasteiger charge is -2.26. The smallest absolute Gasteiger partial charge is 0.230 e. The van der Waals surface area contributed by atoms with Crippen LogP contribution in [0.3, 0.4) is 0 Å². The molecule has 6 heteroatoms. The number of aryl methyl sites for hydroxylation is 2. The molecule has 0 aliphatic heterocycles. The number of hydrogen-bond acceptors (Lipinski definition) is 4. The molecule has 0 saturated heterocycles. The molecule has 1 aromatic heterocycles. The molecule has 134 valence electrons. The van der Waals surface area contributed by atoms with Crippen molar-refractivity contribution >= 4 is 17.7 Å².